The molecule has 6 nitrogen and oxygen atoms in total. The van der Waals surface area contributed by atoms with Crippen molar-refractivity contribution in [3.63, 3.8) is 0 Å². The highest BCUT2D eigenvalue weighted by Crippen LogP contribution is 2.32. The monoisotopic (exact) mass is 351 g/mol. The standard InChI is InChI=1S/C20H25N5O/c1-14-12-16-18(17(26)13-14)19(21-15-6-4-3-5-7-15)23-20(22-16)25-10-8-24(2)9-11-25/h3-7,14H,8-13H2,1-2H3,(H,21,22,23)/t14-/m0/s1. The van der Waals surface area contributed by atoms with E-state index in [4.69, 9.17) is 9.97 Å². The van der Waals surface area contributed by atoms with Crippen LogP contribution in [0, 0.1) is 5.92 Å². The minimum Gasteiger partial charge on any atom is -0.339 e. The van der Waals surface area contributed by atoms with Crippen molar-refractivity contribution in [2.45, 2.75) is 19.8 Å². The van der Waals surface area contributed by atoms with Crippen molar-refractivity contribution in [3.8, 4) is 0 Å². The van der Waals surface area contributed by atoms with E-state index in [-0.39, 0.29) is 5.78 Å². The third-order valence-corrected chi connectivity index (χ3v) is 5.15. The number of nitrogens with zero attached hydrogens (tertiary/aromatic N) is 4. The van der Waals surface area contributed by atoms with Gasteiger partial charge < -0.3 is 15.1 Å². The summed E-state index contributed by atoms with van der Waals surface area (Å²) in [4.78, 5) is 26.8. The molecule has 0 saturated carbocycles. The fourth-order valence-electron chi connectivity index (χ4n) is 3.65. The third kappa shape index (κ3) is 3.42. The van der Waals surface area contributed by atoms with Crippen LogP contribution >= 0.6 is 0 Å². The minimum absolute atomic E-state index is 0.141. The van der Waals surface area contributed by atoms with Gasteiger partial charge in [0, 0.05) is 38.3 Å². The summed E-state index contributed by atoms with van der Waals surface area (Å²) < 4.78 is 0. The number of carbonyl (C=O) groups is 1. The van der Waals surface area contributed by atoms with Gasteiger partial charge in [0.05, 0.1) is 11.3 Å². The predicted molar refractivity (Wildman–Crippen MR) is 103 cm³/mol. The number of fused-ring (bicyclic) bond motifs is 1. The SMILES string of the molecule is C[C@@H]1CC(=O)c2c(nc(N3CCN(C)CC3)nc2Nc2ccccc2)C1. The van der Waals surface area contributed by atoms with Gasteiger partial charge in [-0.1, -0.05) is 25.1 Å². The van der Waals surface area contributed by atoms with Gasteiger partial charge >= 0.3 is 0 Å². The number of likely N-dealkylation sites (N-methyl/N-ethyl adjacent to an activating group) is 1. The van der Waals surface area contributed by atoms with E-state index in [2.05, 4.69) is 29.1 Å². The third-order valence-electron chi connectivity index (χ3n) is 5.15. The summed E-state index contributed by atoms with van der Waals surface area (Å²) in [5.41, 5.74) is 2.49. The molecule has 1 fully saturated rings. The van der Waals surface area contributed by atoms with Crippen LogP contribution in [0.4, 0.5) is 17.5 Å². The van der Waals surface area contributed by atoms with Gasteiger partial charge in [0.25, 0.3) is 0 Å². The first kappa shape index (κ1) is 17.0. The van der Waals surface area contributed by atoms with Gasteiger partial charge in [-0.25, -0.2) is 4.98 Å². The van der Waals surface area contributed by atoms with E-state index in [0.29, 0.717) is 23.7 Å². The second kappa shape index (κ2) is 7.03. The number of ketones is 1. The summed E-state index contributed by atoms with van der Waals surface area (Å²) >= 11 is 0. The van der Waals surface area contributed by atoms with Gasteiger partial charge in [-0.05, 0) is 31.5 Å². The van der Waals surface area contributed by atoms with Gasteiger partial charge in [0.2, 0.25) is 5.95 Å². The number of benzene rings is 1. The fourth-order valence-corrected chi connectivity index (χ4v) is 3.65. The second-order valence-electron chi connectivity index (χ2n) is 7.41. The van der Waals surface area contributed by atoms with Crippen molar-refractivity contribution in [1.82, 2.24) is 14.9 Å². The van der Waals surface area contributed by atoms with Crippen LogP contribution in [-0.2, 0) is 6.42 Å². The highest BCUT2D eigenvalue weighted by atomic mass is 16.1. The van der Waals surface area contributed by atoms with Gasteiger partial charge in [-0.3, -0.25) is 4.79 Å². The van der Waals surface area contributed by atoms with E-state index in [9.17, 15) is 4.79 Å². The molecule has 26 heavy (non-hydrogen) atoms. The highest BCUT2D eigenvalue weighted by molar-refractivity contribution is 6.03. The molecular formula is C20H25N5O. The smallest absolute Gasteiger partial charge is 0.227 e. The number of carbonyl (C=O) groups excluding carboxylic acids is 1. The molecule has 0 radical (unpaired) electrons. The van der Waals surface area contributed by atoms with E-state index >= 15 is 0 Å². The molecule has 0 bridgehead atoms. The molecule has 2 aliphatic rings. The van der Waals surface area contributed by atoms with Gasteiger partial charge in [0.1, 0.15) is 5.82 Å². The van der Waals surface area contributed by atoms with Crippen molar-refractivity contribution in [1.29, 1.82) is 0 Å². The Morgan fingerprint density at radius 3 is 2.50 bits per heavy atom. The highest BCUT2D eigenvalue weighted by Gasteiger charge is 2.29. The van der Waals surface area contributed by atoms with Crippen LogP contribution in [-0.4, -0.2) is 53.9 Å². The number of aromatic nitrogens is 2. The van der Waals surface area contributed by atoms with E-state index in [1.807, 2.05) is 30.3 Å². The number of para-hydroxylation sites is 1. The molecule has 1 aromatic carbocycles. The van der Waals surface area contributed by atoms with Crippen molar-refractivity contribution < 1.29 is 4.79 Å². The van der Waals surface area contributed by atoms with Crippen LogP contribution in [0.2, 0.25) is 0 Å². The molecule has 0 amide bonds. The van der Waals surface area contributed by atoms with E-state index in [1.54, 1.807) is 0 Å². The lowest BCUT2D eigenvalue weighted by molar-refractivity contribution is 0.0952. The largest absolute Gasteiger partial charge is 0.339 e. The maximum atomic E-state index is 12.7. The van der Waals surface area contributed by atoms with Crippen LogP contribution < -0.4 is 10.2 Å². The van der Waals surface area contributed by atoms with E-state index < -0.39 is 0 Å². The van der Waals surface area contributed by atoms with Crippen LogP contribution in [0.15, 0.2) is 30.3 Å². The molecule has 0 unspecified atom stereocenters. The Morgan fingerprint density at radius 1 is 1.04 bits per heavy atom. The Hall–Kier alpha value is -2.47. The van der Waals surface area contributed by atoms with Crippen molar-refractivity contribution in [3.05, 3.63) is 41.6 Å². The number of Topliss-reactive ketones (excluding diaryl/α,β-unsaturated/α-hetero) is 1. The van der Waals surface area contributed by atoms with Gasteiger partial charge in [-0.2, -0.15) is 4.98 Å². The molecule has 2 heterocycles. The average molecular weight is 351 g/mol. The van der Waals surface area contributed by atoms with Crippen LogP contribution in [0.1, 0.15) is 29.4 Å². The molecule has 1 saturated heterocycles. The summed E-state index contributed by atoms with van der Waals surface area (Å²) in [6.07, 6.45) is 1.39. The zero-order chi connectivity index (χ0) is 18.1. The normalized spacial score (nSPS) is 20.8. The number of anilines is 3. The zero-order valence-corrected chi connectivity index (χ0v) is 15.4. The van der Waals surface area contributed by atoms with Crippen molar-refractivity contribution in [2.75, 3.05) is 43.4 Å². The summed E-state index contributed by atoms with van der Waals surface area (Å²) in [5.74, 6) is 1.85. The Balaban J connectivity index is 1.73. The number of nitrogens with one attached hydrogen (secondary N) is 1. The van der Waals surface area contributed by atoms with E-state index in [0.717, 1.165) is 49.9 Å². The Labute approximate surface area is 154 Å². The lowest BCUT2D eigenvalue weighted by Crippen LogP contribution is -2.45. The molecule has 1 N–H and O–H groups in total. The average Bonchev–Trinajstić information content (AvgIpc) is 2.62. The van der Waals surface area contributed by atoms with Crippen molar-refractivity contribution in [2.24, 2.45) is 5.92 Å². The van der Waals surface area contributed by atoms with Crippen LogP contribution in [0.25, 0.3) is 0 Å². The van der Waals surface area contributed by atoms with E-state index in [1.165, 1.54) is 0 Å². The fraction of sp³-hybridized carbons (Fsp3) is 0.450. The summed E-state index contributed by atoms with van der Waals surface area (Å²) in [6.45, 7) is 5.92. The number of piperazine rings is 1. The predicted octanol–water partition coefficient (Wildman–Crippen LogP) is 2.74. The number of rotatable bonds is 3. The quantitative estimate of drug-likeness (QED) is 0.917. The lowest BCUT2D eigenvalue weighted by atomic mass is 9.87. The minimum atomic E-state index is 0.141. The molecule has 6 heteroatoms. The Kier molecular flexibility index (Phi) is 4.59. The molecule has 1 atom stereocenters. The molecule has 0 spiro atoms. The Bertz CT molecular complexity index is 799. The topological polar surface area (TPSA) is 61.4 Å². The molecular weight excluding hydrogens is 326 g/mol. The maximum absolute atomic E-state index is 12.7. The molecule has 136 valence electrons. The van der Waals surface area contributed by atoms with Crippen LogP contribution in [0.3, 0.4) is 0 Å². The summed E-state index contributed by atoms with van der Waals surface area (Å²) in [5, 5.41) is 3.36. The lowest BCUT2D eigenvalue weighted by Gasteiger charge is -2.33. The first-order valence-corrected chi connectivity index (χ1v) is 9.30. The van der Waals surface area contributed by atoms with Gasteiger partial charge in [-0.15, -0.1) is 0 Å². The van der Waals surface area contributed by atoms with Gasteiger partial charge in [0.15, 0.2) is 5.78 Å². The first-order chi connectivity index (χ1) is 12.6. The van der Waals surface area contributed by atoms with Crippen molar-refractivity contribution >= 4 is 23.2 Å². The summed E-state index contributed by atoms with van der Waals surface area (Å²) in [7, 11) is 2.13. The molecule has 1 aliphatic carbocycles. The maximum Gasteiger partial charge on any atom is 0.227 e. The number of hydrogen-bond donors (Lipinski definition) is 1. The van der Waals surface area contributed by atoms with Crippen LogP contribution in [0.5, 0.6) is 0 Å². The molecule has 2 aromatic rings. The molecule has 1 aromatic heterocycles. The number of hydrogen-bond acceptors (Lipinski definition) is 6. The second-order valence-corrected chi connectivity index (χ2v) is 7.41. The molecule has 1 aliphatic heterocycles. The first-order valence-electron chi connectivity index (χ1n) is 9.30. The zero-order valence-electron chi connectivity index (χ0n) is 15.4. The summed E-state index contributed by atoms with van der Waals surface area (Å²) in [6, 6.07) is 9.89. The Morgan fingerprint density at radius 2 is 1.77 bits per heavy atom. The molecule has 4 rings (SSSR count).